The Morgan fingerprint density at radius 1 is 1.33 bits per heavy atom. The first kappa shape index (κ1) is 8.82. The van der Waals surface area contributed by atoms with Gasteiger partial charge in [-0.25, -0.2) is 8.78 Å². The maximum absolute atomic E-state index is 12.7. The Kier molecular flexibility index (Phi) is 2.17. The molecule has 0 aromatic rings. The molecule has 1 nitrogen and oxygen atoms in total. The van der Waals surface area contributed by atoms with Crippen molar-refractivity contribution in [2.24, 2.45) is 0 Å². The number of alkyl halides is 2. The fourth-order valence-electron chi connectivity index (χ4n) is 0.323. The molecule has 1 N–H and O–H groups in total. The fourth-order valence-corrected chi connectivity index (χ4v) is 0.323. The molecule has 0 aliphatic rings. The van der Waals surface area contributed by atoms with Crippen LogP contribution in [0.5, 0.6) is 0 Å². The quantitative estimate of drug-likeness (QED) is 0.616. The Hall–Kier alpha value is -0.180. The van der Waals surface area contributed by atoms with Crippen LogP contribution in [0.25, 0.3) is 0 Å². The van der Waals surface area contributed by atoms with Crippen LogP contribution in [0.3, 0.4) is 0 Å². The first-order valence-corrected chi connectivity index (χ1v) is 2.91. The zero-order valence-electron chi connectivity index (χ0n) is 5.91. The van der Waals surface area contributed by atoms with Gasteiger partial charge in [-0.1, -0.05) is 6.92 Å². The van der Waals surface area contributed by atoms with E-state index in [9.17, 15) is 8.78 Å². The van der Waals surface area contributed by atoms with Crippen molar-refractivity contribution in [2.75, 3.05) is 0 Å². The van der Waals surface area contributed by atoms with Crippen LogP contribution in [0.4, 0.5) is 8.78 Å². The molecule has 0 rings (SSSR count). The minimum absolute atomic E-state index is 0.0312. The summed E-state index contributed by atoms with van der Waals surface area (Å²) < 4.78 is 25.0. The molecular formula is C6H12F2O. The molecule has 0 aromatic carbocycles. The summed E-state index contributed by atoms with van der Waals surface area (Å²) in [6, 6.07) is 0. The van der Waals surface area contributed by atoms with Crippen LogP contribution in [-0.4, -0.2) is 16.6 Å². The van der Waals surface area contributed by atoms with Gasteiger partial charge >= 0.3 is 0 Å². The lowest BCUT2D eigenvalue weighted by molar-refractivity contribution is -0.175. The Balaban J connectivity index is 4.14. The highest BCUT2D eigenvalue weighted by molar-refractivity contribution is 4.83. The van der Waals surface area contributed by atoms with Gasteiger partial charge in [-0.15, -0.1) is 0 Å². The molecule has 9 heavy (non-hydrogen) atoms. The summed E-state index contributed by atoms with van der Waals surface area (Å²) in [5.41, 5.74) is -2.13. The van der Waals surface area contributed by atoms with Crippen molar-refractivity contribution in [2.45, 2.75) is 38.7 Å². The van der Waals surface area contributed by atoms with Gasteiger partial charge in [0.2, 0.25) is 5.85 Å². The Labute approximate surface area is 53.7 Å². The smallest absolute Gasteiger partial charge is 0.237 e. The summed E-state index contributed by atoms with van der Waals surface area (Å²) >= 11 is 0. The molecular weight excluding hydrogens is 126 g/mol. The predicted molar refractivity (Wildman–Crippen MR) is 31.5 cm³/mol. The third-order valence-electron chi connectivity index (χ3n) is 1.62. The van der Waals surface area contributed by atoms with Gasteiger partial charge in [0.1, 0.15) is 0 Å². The van der Waals surface area contributed by atoms with Crippen LogP contribution in [0, 0.1) is 0 Å². The molecule has 0 aliphatic heterocycles. The van der Waals surface area contributed by atoms with E-state index in [2.05, 4.69) is 0 Å². The van der Waals surface area contributed by atoms with Crippen LogP contribution in [0.15, 0.2) is 0 Å². The van der Waals surface area contributed by atoms with Crippen molar-refractivity contribution in [3.05, 3.63) is 0 Å². The van der Waals surface area contributed by atoms with E-state index in [4.69, 9.17) is 5.11 Å². The van der Waals surface area contributed by atoms with E-state index >= 15 is 0 Å². The van der Waals surface area contributed by atoms with Gasteiger partial charge in [-0.05, 0) is 20.3 Å². The molecule has 2 atom stereocenters. The van der Waals surface area contributed by atoms with Crippen molar-refractivity contribution >= 4 is 0 Å². The maximum atomic E-state index is 12.7. The summed E-state index contributed by atoms with van der Waals surface area (Å²) in [7, 11) is 0. The molecule has 56 valence electrons. The van der Waals surface area contributed by atoms with E-state index < -0.39 is 11.5 Å². The second-order valence-electron chi connectivity index (χ2n) is 2.50. The Morgan fingerprint density at radius 2 is 1.67 bits per heavy atom. The molecule has 2 unspecified atom stereocenters. The monoisotopic (exact) mass is 138 g/mol. The van der Waals surface area contributed by atoms with E-state index in [0.29, 0.717) is 0 Å². The highest BCUT2D eigenvalue weighted by Crippen LogP contribution is 2.30. The number of halogens is 2. The molecule has 0 saturated heterocycles. The van der Waals surface area contributed by atoms with Crippen molar-refractivity contribution in [3.63, 3.8) is 0 Å². The molecule has 0 aliphatic carbocycles. The Morgan fingerprint density at radius 3 is 1.67 bits per heavy atom. The third-order valence-corrected chi connectivity index (χ3v) is 1.62. The van der Waals surface area contributed by atoms with E-state index in [1.807, 2.05) is 0 Å². The van der Waals surface area contributed by atoms with E-state index in [1.54, 1.807) is 0 Å². The van der Waals surface area contributed by atoms with E-state index in [-0.39, 0.29) is 6.42 Å². The van der Waals surface area contributed by atoms with Crippen molar-refractivity contribution in [3.8, 4) is 0 Å². The summed E-state index contributed by atoms with van der Waals surface area (Å²) in [5.74, 6) is -2.72. The van der Waals surface area contributed by atoms with Crippen molar-refractivity contribution in [1.29, 1.82) is 0 Å². The second-order valence-corrected chi connectivity index (χ2v) is 2.50. The summed E-state index contributed by atoms with van der Waals surface area (Å²) in [6.07, 6.45) is -0.0312. The van der Waals surface area contributed by atoms with Gasteiger partial charge in [0.15, 0.2) is 5.67 Å². The average molecular weight is 138 g/mol. The van der Waals surface area contributed by atoms with Gasteiger partial charge in [0, 0.05) is 0 Å². The van der Waals surface area contributed by atoms with Gasteiger partial charge < -0.3 is 5.11 Å². The number of hydrogen-bond acceptors (Lipinski definition) is 1. The SMILES string of the molecule is CCC(C)(F)C(C)(O)F. The molecule has 0 bridgehead atoms. The minimum atomic E-state index is -2.72. The maximum Gasteiger partial charge on any atom is 0.237 e. The first-order valence-electron chi connectivity index (χ1n) is 2.91. The van der Waals surface area contributed by atoms with Crippen LogP contribution in [0.2, 0.25) is 0 Å². The minimum Gasteiger partial charge on any atom is -0.359 e. The standard InChI is InChI=1S/C6H12F2O/c1-4-5(2,7)6(3,8)9/h9H,4H2,1-3H3. The topological polar surface area (TPSA) is 20.2 Å². The zero-order valence-corrected chi connectivity index (χ0v) is 5.91. The number of rotatable bonds is 2. The van der Waals surface area contributed by atoms with Crippen LogP contribution in [0.1, 0.15) is 27.2 Å². The van der Waals surface area contributed by atoms with Gasteiger partial charge in [-0.3, -0.25) is 0 Å². The third kappa shape index (κ3) is 1.90. The fraction of sp³-hybridized carbons (Fsp3) is 1.00. The van der Waals surface area contributed by atoms with Gasteiger partial charge in [0.05, 0.1) is 0 Å². The lowest BCUT2D eigenvalue weighted by Crippen LogP contribution is -2.41. The van der Waals surface area contributed by atoms with E-state index in [1.165, 1.54) is 6.92 Å². The molecule has 0 aromatic heterocycles. The number of hydrogen-bond donors (Lipinski definition) is 1. The lowest BCUT2D eigenvalue weighted by Gasteiger charge is -2.27. The summed E-state index contributed by atoms with van der Waals surface area (Å²) in [5, 5.41) is 8.50. The summed E-state index contributed by atoms with van der Waals surface area (Å²) in [6.45, 7) is 3.33. The van der Waals surface area contributed by atoms with Gasteiger partial charge in [-0.2, -0.15) is 0 Å². The number of aliphatic hydroxyl groups is 1. The molecule has 0 fully saturated rings. The lowest BCUT2D eigenvalue weighted by atomic mass is 9.98. The van der Waals surface area contributed by atoms with Crippen LogP contribution < -0.4 is 0 Å². The van der Waals surface area contributed by atoms with Crippen LogP contribution in [-0.2, 0) is 0 Å². The normalized spacial score (nSPS) is 24.7. The zero-order chi connectivity index (χ0) is 7.71. The highest BCUT2D eigenvalue weighted by Gasteiger charge is 2.42. The largest absolute Gasteiger partial charge is 0.359 e. The predicted octanol–water partition coefficient (Wildman–Crippen LogP) is 1.80. The summed E-state index contributed by atoms with van der Waals surface area (Å²) in [4.78, 5) is 0. The van der Waals surface area contributed by atoms with Crippen LogP contribution >= 0.6 is 0 Å². The first-order chi connectivity index (χ1) is 3.81. The molecule has 3 heteroatoms. The molecule has 0 amide bonds. The Bertz CT molecular complexity index is 93.7. The highest BCUT2D eigenvalue weighted by atomic mass is 19.2. The average Bonchev–Trinajstić information content (AvgIpc) is 1.64. The van der Waals surface area contributed by atoms with E-state index in [0.717, 1.165) is 13.8 Å². The molecule has 0 heterocycles. The van der Waals surface area contributed by atoms with Crippen molar-refractivity contribution < 1.29 is 13.9 Å². The molecule has 0 spiro atoms. The molecule has 0 saturated carbocycles. The molecule has 0 radical (unpaired) electrons. The van der Waals surface area contributed by atoms with Gasteiger partial charge in [0.25, 0.3) is 0 Å². The van der Waals surface area contributed by atoms with Crippen molar-refractivity contribution in [1.82, 2.24) is 0 Å². The second kappa shape index (κ2) is 2.21.